The average molecular weight is 305 g/mol. The number of ether oxygens (including phenoxy) is 1. The average Bonchev–Trinajstić information content (AvgIpc) is 2.90. The van der Waals surface area contributed by atoms with Crippen LogP contribution in [0.5, 0.6) is 0 Å². The number of sulfonamides is 1. The first-order valence-corrected chi connectivity index (χ1v) is 8.43. The number of thiophene rings is 1. The fraction of sp³-hybridized carbons (Fsp3) is 0.583. The molecule has 0 fully saturated rings. The first-order chi connectivity index (χ1) is 8.88. The van der Waals surface area contributed by atoms with Gasteiger partial charge in [-0.3, -0.25) is 4.79 Å². The normalized spacial score (nSPS) is 13.5. The van der Waals surface area contributed by atoms with Crippen LogP contribution in [0.2, 0.25) is 0 Å². The van der Waals surface area contributed by atoms with Gasteiger partial charge >= 0.3 is 5.97 Å². The molecule has 5 nitrogen and oxygen atoms in total. The SMILES string of the molecule is COC(=O)CCCS(=O)(=O)N(C)C(C)c1cccs1. The number of carbonyl (C=O) groups excluding carboxylic acids is 1. The van der Waals surface area contributed by atoms with Crippen LogP contribution < -0.4 is 0 Å². The van der Waals surface area contributed by atoms with Crippen LogP contribution >= 0.6 is 11.3 Å². The Balaban J connectivity index is 2.59. The lowest BCUT2D eigenvalue weighted by molar-refractivity contribution is -0.140. The zero-order chi connectivity index (χ0) is 14.5. The minimum atomic E-state index is -3.36. The van der Waals surface area contributed by atoms with Gasteiger partial charge in [-0.1, -0.05) is 6.07 Å². The van der Waals surface area contributed by atoms with Crippen molar-refractivity contribution in [1.29, 1.82) is 0 Å². The van der Waals surface area contributed by atoms with Gasteiger partial charge in [-0.25, -0.2) is 8.42 Å². The lowest BCUT2D eigenvalue weighted by atomic mass is 10.3. The Morgan fingerprint density at radius 1 is 1.53 bits per heavy atom. The highest BCUT2D eigenvalue weighted by molar-refractivity contribution is 7.89. The number of esters is 1. The van der Waals surface area contributed by atoms with Gasteiger partial charge < -0.3 is 4.74 Å². The highest BCUT2D eigenvalue weighted by atomic mass is 32.2. The van der Waals surface area contributed by atoms with Gasteiger partial charge in [0.05, 0.1) is 18.9 Å². The number of nitrogens with zero attached hydrogens (tertiary/aromatic N) is 1. The Morgan fingerprint density at radius 2 is 2.21 bits per heavy atom. The summed E-state index contributed by atoms with van der Waals surface area (Å²) in [6.45, 7) is 1.85. The molecule has 108 valence electrons. The van der Waals surface area contributed by atoms with E-state index in [9.17, 15) is 13.2 Å². The molecule has 0 saturated heterocycles. The Hall–Kier alpha value is -0.920. The summed E-state index contributed by atoms with van der Waals surface area (Å²) in [6, 6.07) is 3.62. The van der Waals surface area contributed by atoms with Gasteiger partial charge in [-0.05, 0) is 24.8 Å². The molecule has 0 amide bonds. The second-order valence-electron chi connectivity index (χ2n) is 4.20. The second kappa shape index (κ2) is 7.02. The molecule has 1 rings (SSSR count). The molecule has 1 aromatic rings. The topological polar surface area (TPSA) is 63.7 Å². The van der Waals surface area contributed by atoms with E-state index in [0.29, 0.717) is 0 Å². The second-order valence-corrected chi connectivity index (χ2v) is 7.33. The van der Waals surface area contributed by atoms with E-state index in [-0.39, 0.29) is 30.6 Å². The Bertz CT molecular complexity index is 496. The molecule has 0 bridgehead atoms. The standard InChI is InChI=1S/C12H19NO4S2/c1-10(11-6-4-8-18-11)13(2)19(15,16)9-5-7-12(14)17-3/h4,6,8,10H,5,7,9H2,1-3H3. The molecule has 0 aliphatic heterocycles. The molecule has 0 spiro atoms. The Labute approximate surface area is 118 Å². The van der Waals surface area contributed by atoms with Crippen molar-refractivity contribution < 1.29 is 17.9 Å². The number of hydrogen-bond donors (Lipinski definition) is 0. The number of hydrogen-bond acceptors (Lipinski definition) is 5. The molecule has 1 atom stereocenters. The van der Waals surface area contributed by atoms with Crippen molar-refractivity contribution in [1.82, 2.24) is 4.31 Å². The largest absolute Gasteiger partial charge is 0.469 e. The first-order valence-electron chi connectivity index (χ1n) is 5.94. The van der Waals surface area contributed by atoms with Crippen LogP contribution in [0.3, 0.4) is 0 Å². The monoisotopic (exact) mass is 305 g/mol. The minimum Gasteiger partial charge on any atom is -0.469 e. The third kappa shape index (κ3) is 4.59. The number of rotatable bonds is 7. The molecule has 0 aromatic carbocycles. The van der Waals surface area contributed by atoms with Crippen LogP contribution in [-0.2, 0) is 19.6 Å². The van der Waals surface area contributed by atoms with E-state index in [1.54, 1.807) is 7.05 Å². The summed E-state index contributed by atoms with van der Waals surface area (Å²) in [6.07, 6.45) is 0.396. The highest BCUT2D eigenvalue weighted by Crippen LogP contribution is 2.25. The molecule has 0 N–H and O–H groups in total. The summed E-state index contributed by atoms with van der Waals surface area (Å²) < 4.78 is 30.1. The van der Waals surface area contributed by atoms with E-state index in [1.165, 1.54) is 22.8 Å². The minimum absolute atomic E-state index is 0.0473. The first kappa shape index (κ1) is 16.1. The third-order valence-corrected chi connectivity index (χ3v) is 5.99. The summed E-state index contributed by atoms with van der Waals surface area (Å²) in [4.78, 5) is 12.0. The summed E-state index contributed by atoms with van der Waals surface area (Å²) in [5, 5.41) is 1.92. The van der Waals surface area contributed by atoms with Crippen LogP contribution in [-0.4, -0.2) is 38.6 Å². The van der Waals surface area contributed by atoms with Crippen molar-refractivity contribution >= 4 is 27.3 Å². The number of carbonyl (C=O) groups is 1. The Kier molecular flexibility index (Phi) is 5.96. The molecule has 0 aliphatic rings. The van der Waals surface area contributed by atoms with Crippen molar-refractivity contribution in [3.63, 3.8) is 0 Å². The molecule has 1 unspecified atom stereocenters. The summed E-state index contributed by atoms with van der Waals surface area (Å²) in [7, 11) is -0.496. The van der Waals surface area contributed by atoms with Crippen molar-refractivity contribution in [3.05, 3.63) is 22.4 Å². The van der Waals surface area contributed by atoms with E-state index in [0.717, 1.165) is 4.88 Å². The summed E-state index contributed by atoms with van der Waals surface area (Å²) in [5.41, 5.74) is 0. The van der Waals surface area contributed by atoms with Crippen LogP contribution in [0.15, 0.2) is 17.5 Å². The van der Waals surface area contributed by atoms with Crippen molar-refractivity contribution in [2.45, 2.75) is 25.8 Å². The van der Waals surface area contributed by atoms with Crippen molar-refractivity contribution in [2.24, 2.45) is 0 Å². The van der Waals surface area contributed by atoms with Gasteiger partial charge in [-0.15, -0.1) is 11.3 Å². The van der Waals surface area contributed by atoms with Gasteiger partial charge in [0.1, 0.15) is 0 Å². The molecule has 1 aromatic heterocycles. The lowest BCUT2D eigenvalue weighted by Crippen LogP contribution is -2.31. The fourth-order valence-corrected chi connectivity index (χ4v) is 3.88. The van der Waals surface area contributed by atoms with E-state index in [4.69, 9.17) is 0 Å². The third-order valence-electron chi connectivity index (χ3n) is 2.95. The molecule has 19 heavy (non-hydrogen) atoms. The van der Waals surface area contributed by atoms with Gasteiger partial charge in [0, 0.05) is 18.3 Å². The maximum atomic E-state index is 12.1. The predicted octanol–water partition coefficient (Wildman–Crippen LogP) is 2.02. The molecule has 0 saturated carbocycles. The number of methoxy groups -OCH3 is 1. The molecule has 7 heteroatoms. The molecular formula is C12H19NO4S2. The van der Waals surface area contributed by atoms with Crippen LogP contribution in [0.1, 0.15) is 30.7 Å². The zero-order valence-corrected chi connectivity index (χ0v) is 13.0. The van der Waals surface area contributed by atoms with Gasteiger partial charge in [0.2, 0.25) is 10.0 Å². The summed E-state index contributed by atoms with van der Waals surface area (Å²) >= 11 is 1.53. The fourth-order valence-electron chi connectivity index (χ4n) is 1.59. The van der Waals surface area contributed by atoms with Gasteiger partial charge in [0.25, 0.3) is 0 Å². The smallest absolute Gasteiger partial charge is 0.305 e. The van der Waals surface area contributed by atoms with Crippen LogP contribution in [0.25, 0.3) is 0 Å². The maximum Gasteiger partial charge on any atom is 0.305 e. The maximum absolute atomic E-state index is 12.1. The Morgan fingerprint density at radius 3 is 2.74 bits per heavy atom. The molecular weight excluding hydrogens is 286 g/mol. The molecule has 0 radical (unpaired) electrons. The van der Waals surface area contributed by atoms with Crippen LogP contribution in [0, 0.1) is 0 Å². The van der Waals surface area contributed by atoms with E-state index in [2.05, 4.69) is 4.74 Å². The predicted molar refractivity (Wildman–Crippen MR) is 75.5 cm³/mol. The highest BCUT2D eigenvalue weighted by Gasteiger charge is 2.24. The van der Waals surface area contributed by atoms with Crippen molar-refractivity contribution in [3.8, 4) is 0 Å². The zero-order valence-electron chi connectivity index (χ0n) is 11.3. The van der Waals surface area contributed by atoms with Crippen molar-refractivity contribution in [2.75, 3.05) is 19.9 Å². The van der Waals surface area contributed by atoms with Crippen LogP contribution in [0.4, 0.5) is 0 Å². The van der Waals surface area contributed by atoms with E-state index < -0.39 is 10.0 Å². The quantitative estimate of drug-likeness (QED) is 0.723. The lowest BCUT2D eigenvalue weighted by Gasteiger charge is -2.23. The van der Waals surface area contributed by atoms with E-state index >= 15 is 0 Å². The van der Waals surface area contributed by atoms with E-state index in [1.807, 2.05) is 24.4 Å². The summed E-state index contributed by atoms with van der Waals surface area (Å²) in [5.74, 6) is -0.432. The van der Waals surface area contributed by atoms with Gasteiger partial charge in [-0.2, -0.15) is 4.31 Å². The molecule has 0 aliphatic carbocycles. The van der Waals surface area contributed by atoms with Gasteiger partial charge in [0.15, 0.2) is 0 Å². The molecule has 1 heterocycles.